The van der Waals surface area contributed by atoms with Crippen molar-refractivity contribution in [1.82, 2.24) is 0 Å². The highest BCUT2D eigenvalue weighted by atomic mass is 32.1. The predicted molar refractivity (Wildman–Crippen MR) is 43.7 cm³/mol. The largest absolute Gasteiger partial charge is 0.471 e. The Bertz CT molecular complexity index is 318. The van der Waals surface area contributed by atoms with E-state index < -0.39 is 12.1 Å². The van der Waals surface area contributed by atoms with E-state index in [2.05, 4.69) is 0 Å². The number of anilines is 1. The molecule has 0 saturated carbocycles. The maximum Gasteiger partial charge on any atom is 0.471 e. The third kappa shape index (κ3) is 2.45. The topological polar surface area (TPSA) is 29.1 Å². The first kappa shape index (κ1) is 10.0. The van der Waals surface area contributed by atoms with Crippen molar-refractivity contribution >= 4 is 22.9 Å². The molecule has 6 heteroatoms. The van der Waals surface area contributed by atoms with Crippen molar-refractivity contribution in [1.29, 1.82) is 0 Å². The fourth-order valence-electron chi connectivity index (χ4n) is 0.682. The van der Waals surface area contributed by atoms with Crippen LogP contribution in [0.5, 0.6) is 0 Å². The van der Waals surface area contributed by atoms with Gasteiger partial charge in [0, 0.05) is 5.38 Å². The Labute approximate surface area is 76.4 Å². The first-order chi connectivity index (χ1) is 5.91. The maximum absolute atomic E-state index is 11.8. The molecule has 0 atom stereocenters. The Morgan fingerprint density at radius 3 is 2.46 bits per heavy atom. The molecule has 1 N–H and O–H groups in total. The molecule has 0 aliphatic carbocycles. The number of nitrogens with one attached hydrogen (secondary N) is 1. The van der Waals surface area contributed by atoms with Crippen molar-refractivity contribution < 1.29 is 18.0 Å². The van der Waals surface area contributed by atoms with Crippen LogP contribution in [-0.4, -0.2) is 12.1 Å². The molecular formula is C7H6F3NOS. The smallest absolute Gasteiger partial charge is 0.317 e. The first-order valence-electron chi connectivity index (χ1n) is 3.32. The Hall–Kier alpha value is -1.04. The molecule has 0 saturated heterocycles. The molecule has 0 bridgehead atoms. The van der Waals surface area contributed by atoms with Gasteiger partial charge in [-0.25, -0.2) is 0 Å². The summed E-state index contributed by atoms with van der Waals surface area (Å²) in [5, 5.41) is 4.89. The number of carbonyl (C=O) groups is 1. The molecule has 1 amide bonds. The number of carbonyl (C=O) groups excluding carboxylic acids is 1. The van der Waals surface area contributed by atoms with E-state index in [-0.39, 0.29) is 5.69 Å². The average molecular weight is 209 g/mol. The predicted octanol–water partition coefficient (Wildman–Crippen LogP) is 2.56. The summed E-state index contributed by atoms with van der Waals surface area (Å²) < 4.78 is 35.3. The standard InChI is InChI=1S/C7H6F3NOS/c1-4-2-13-3-5(4)11-6(12)7(8,9)10/h2-3H,1H3,(H,11,12). The lowest BCUT2D eigenvalue weighted by Gasteiger charge is -2.06. The molecule has 72 valence electrons. The molecular weight excluding hydrogens is 203 g/mol. The summed E-state index contributed by atoms with van der Waals surface area (Å²) in [6, 6.07) is 0. The van der Waals surface area contributed by atoms with Gasteiger partial charge in [-0.1, -0.05) is 0 Å². The van der Waals surface area contributed by atoms with E-state index in [1.807, 2.05) is 0 Å². The van der Waals surface area contributed by atoms with Gasteiger partial charge in [0.1, 0.15) is 0 Å². The van der Waals surface area contributed by atoms with E-state index in [4.69, 9.17) is 0 Å². The van der Waals surface area contributed by atoms with Crippen LogP contribution in [0.25, 0.3) is 0 Å². The zero-order valence-electron chi connectivity index (χ0n) is 6.61. The summed E-state index contributed by atoms with van der Waals surface area (Å²) in [5.41, 5.74) is 0.843. The Morgan fingerprint density at radius 1 is 1.46 bits per heavy atom. The molecule has 1 aromatic rings. The van der Waals surface area contributed by atoms with E-state index in [1.54, 1.807) is 17.6 Å². The highest BCUT2D eigenvalue weighted by Gasteiger charge is 2.38. The van der Waals surface area contributed by atoms with E-state index >= 15 is 0 Å². The van der Waals surface area contributed by atoms with Gasteiger partial charge in [0.25, 0.3) is 0 Å². The lowest BCUT2D eigenvalue weighted by molar-refractivity contribution is -0.167. The minimum absolute atomic E-state index is 0.215. The van der Waals surface area contributed by atoms with Gasteiger partial charge in [-0.15, -0.1) is 11.3 Å². The van der Waals surface area contributed by atoms with Crippen molar-refractivity contribution in [2.75, 3.05) is 5.32 Å². The summed E-state index contributed by atoms with van der Waals surface area (Å²) in [7, 11) is 0. The van der Waals surface area contributed by atoms with Crippen LogP contribution in [0.1, 0.15) is 5.56 Å². The van der Waals surface area contributed by atoms with Gasteiger partial charge in [0.2, 0.25) is 0 Å². The fraction of sp³-hybridized carbons (Fsp3) is 0.286. The number of rotatable bonds is 1. The van der Waals surface area contributed by atoms with E-state index in [0.717, 1.165) is 0 Å². The molecule has 1 rings (SSSR count). The van der Waals surface area contributed by atoms with Crippen LogP contribution in [0, 0.1) is 6.92 Å². The number of hydrogen-bond donors (Lipinski definition) is 1. The second-order valence-corrected chi connectivity index (χ2v) is 3.16. The number of alkyl halides is 3. The second kappa shape index (κ2) is 3.37. The second-order valence-electron chi connectivity index (χ2n) is 2.42. The van der Waals surface area contributed by atoms with Crippen LogP contribution in [0.15, 0.2) is 10.8 Å². The number of hydrogen-bond acceptors (Lipinski definition) is 2. The first-order valence-corrected chi connectivity index (χ1v) is 4.26. The fourth-order valence-corrected chi connectivity index (χ4v) is 1.46. The number of amides is 1. The third-order valence-electron chi connectivity index (χ3n) is 1.36. The van der Waals surface area contributed by atoms with Gasteiger partial charge in [-0.3, -0.25) is 4.79 Å². The minimum Gasteiger partial charge on any atom is -0.317 e. The van der Waals surface area contributed by atoms with Crippen molar-refractivity contribution in [2.45, 2.75) is 13.1 Å². The van der Waals surface area contributed by atoms with Gasteiger partial charge in [-0.2, -0.15) is 13.2 Å². The zero-order valence-corrected chi connectivity index (χ0v) is 7.42. The van der Waals surface area contributed by atoms with E-state index in [9.17, 15) is 18.0 Å². The summed E-state index contributed by atoms with van der Waals surface area (Å²) in [4.78, 5) is 10.5. The Kier molecular flexibility index (Phi) is 2.60. The SMILES string of the molecule is Cc1cscc1NC(=O)C(F)(F)F. The molecule has 1 aromatic heterocycles. The van der Waals surface area contributed by atoms with E-state index in [0.29, 0.717) is 5.56 Å². The third-order valence-corrected chi connectivity index (χ3v) is 2.22. The Balaban J connectivity index is 2.71. The van der Waals surface area contributed by atoms with Gasteiger partial charge < -0.3 is 5.32 Å². The van der Waals surface area contributed by atoms with Gasteiger partial charge in [0.05, 0.1) is 5.69 Å². The molecule has 2 nitrogen and oxygen atoms in total. The highest BCUT2D eigenvalue weighted by molar-refractivity contribution is 7.08. The molecule has 0 aromatic carbocycles. The molecule has 0 unspecified atom stereocenters. The van der Waals surface area contributed by atoms with Crippen molar-refractivity contribution in [3.05, 3.63) is 16.3 Å². The summed E-state index contributed by atoms with van der Waals surface area (Å²) >= 11 is 1.24. The lowest BCUT2D eigenvalue weighted by atomic mass is 10.3. The zero-order chi connectivity index (χ0) is 10.1. The summed E-state index contributed by atoms with van der Waals surface area (Å²) in [5.74, 6) is -1.94. The van der Waals surface area contributed by atoms with Gasteiger partial charge in [0.15, 0.2) is 0 Å². The van der Waals surface area contributed by atoms with Crippen LogP contribution in [0.2, 0.25) is 0 Å². The van der Waals surface area contributed by atoms with E-state index in [1.165, 1.54) is 16.7 Å². The Morgan fingerprint density at radius 2 is 2.08 bits per heavy atom. The minimum atomic E-state index is -4.83. The van der Waals surface area contributed by atoms with Crippen LogP contribution in [-0.2, 0) is 4.79 Å². The van der Waals surface area contributed by atoms with Crippen molar-refractivity contribution in [3.63, 3.8) is 0 Å². The number of aryl methyl sites for hydroxylation is 1. The highest BCUT2D eigenvalue weighted by Crippen LogP contribution is 2.23. The monoisotopic (exact) mass is 209 g/mol. The molecule has 13 heavy (non-hydrogen) atoms. The quantitative estimate of drug-likeness (QED) is 0.756. The summed E-state index contributed by atoms with van der Waals surface area (Å²) in [6.45, 7) is 1.63. The normalized spacial score (nSPS) is 11.4. The molecule has 1 heterocycles. The molecule has 0 aliphatic rings. The van der Waals surface area contributed by atoms with Gasteiger partial charge >= 0.3 is 12.1 Å². The molecule has 0 aliphatic heterocycles. The summed E-state index contributed by atoms with van der Waals surface area (Å²) in [6.07, 6.45) is -4.83. The molecule has 0 fully saturated rings. The molecule has 0 spiro atoms. The van der Waals surface area contributed by atoms with Crippen LogP contribution in [0.4, 0.5) is 18.9 Å². The van der Waals surface area contributed by atoms with Crippen LogP contribution in [0.3, 0.4) is 0 Å². The van der Waals surface area contributed by atoms with Gasteiger partial charge in [-0.05, 0) is 17.9 Å². The lowest BCUT2D eigenvalue weighted by Crippen LogP contribution is -2.29. The maximum atomic E-state index is 11.8. The molecule has 0 radical (unpaired) electrons. The van der Waals surface area contributed by atoms with Crippen molar-refractivity contribution in [2.24, 2.45) is 0 Å². The van der Waals surface area contributed by atoms with Crippen molar-refractivity contribution in [3.8, 4) is 0 Å². The average Bonchev–Trinajstić information content (AvgIpc) is 2.34. The van der Waals surface area contributed by atoms with Crippen LogP contribution >= 0.6 is 11.3 Å². The number of thiophene rings is 1. The number of halogens is 3. The van der Waals surface area contributed by atoms with Crippen LogP contribution < -0.4 is 5.32 Å².